The van der Waals surface area contributed by atoms with Crippen molar-refractivity contribution in [2.24, 2.45) is 0 Å². The molecule has 2 heterocycles. The molecule has 0 bridgehead atoms. The molecular formula is C36H37NO7. The van der Waals surface area contributed by atoms with E-state index < -0.39 is 17.7 Å². The number of aryl methyl sites for hydroxylation is 1. The van der Waals surface area contributed by atoms with Crippen LogP contribution in [0.5, 0.6) is 17.2 Å². The van der Waals surface area contributed by atoms with Gasteiger partial charge in [0.25, 0.3) is 11.7 Å². The molecule has 5 rings (SSSR count). The van der Waals surface area contributed by atoms with Gasteiger partial charge < -0.3 is 28.6 Å². The molecule has 4 aromatic rings. The van der Waals surface area contributed by atoms with Crippen molar-refractivity contribution in [2.75, 3.05) is 13.7 Å². The molecule has 1 aliphatic rings. The number of hydrogen-bond donors (Lipinski definition) is 1. The van der Waals surface area contributed by atoms with Gasteiger partial charge in [0.2, 0.25) is 0 Å². The van der Waals surface area contributed by atoms with Crippen molar-refractivity contribution in [2.45, 2.75) is 52.3 Å². The predicted octanol–water partition coefficient (Wildman–Crippen LogP) is 7.37. The third-order valence-corrected chi connectivity index (χ3v) is 7.74. The number of ether oxygens (including phenoxy) is 3. The number of hydrogen-bond acceptors (Lipinski definition) is 7. The largest absolute Gasteiger partial charge is 0.507 e. The lowest BCUT2D eigenvalue weighted by molar-refractivity contribution is -0.140. The molecule has 0 saturated carbocycles. The second kappa shape index (κ2) is 14.0. The highest BCUT2D eigenvalue weighted by molar-refractivity contribution is 6.46. The summed E-state index contributed by atoms with van der Waals surface area (Å²) < 4.78 is 23.0. The van der Waals surface area contributed by atoms with E-state index in [1.165, 1.54) is 11.2 Å². The smallest absolute Gasteiger partial charge is 0.296 e. The van der Waals surface area contributed by atoms with Crippen molar-refractivity contribution in [3.8, 4) is 17.2 Å². The summed E-state index contributed by atoms with van der Waals surface area (Å²) in [5.74, 6) is 0.366. The van der Waals surface area contributed by atoms with Crippen LogP contribution in [0.3, 0.4) is 0 Å². The van der Waals surface area contributed by atoms with Gasteiger partial charge in [0.1, 0.15) is 23.9 Å². The fraction of sp³-hybridized carbons (Fsp3) is 0.278. The molecule has 0 spiro atoms. The van der Waals surface area contributed by atoms with Crippen LogP contribution in [0.4, 0.5) is 0 Å². The molecule has 0 aliphatic carbocycles. The minimum absolute atomic E-state index is 0.0196. The second-order valence-electron chi connectivity index (χ2n) is 10.7. The van der Waals surface area contributed by atoms with Crippen LogP contribution in [0.1, 0.15) is 60.2 Å². The maximum absolute atomic E-state index is 13.5. The van der Waals surface area contributed by atoms with Gasteiger partial charge in [0.15, 0.2) is 11.5 Å². The topological polar surface area (TPSA) is 98.4 Å². The van der Waals surface area contributed by atoms with Gasteiger partial charge in [0, 0.05) is 5.56 Å². The molecule has 1 atom stereocenters. The summed E-state index contributed by atoms with van der Waals surface area (Å²) in [7, 11) is 1.54. The molecule has 1 N–H and O–H groups in total. The summed E-state index contributed by atoms with van der Waals surface area (Å²) in [6.07, 6.45) is 4.57. The van der Waals surface area contributed by atoms with Crippen LogP contribution in [0, 0.1) is 6.92 Å². The van der Waals surface area contributed by atoms with Gasteiger partial charge in [-0.2, -0.15) is 0 Å². The molecule has 8 heteroatoms. The number of carbonyl (C=O) groups is 2. The first kappa shape index (κ1) is 30.5. The summed E-state index contributed by atoms with van der Waals surface area (Å²) in [6, 6.07) is 22.7. The van der Waals surface area contributed by atoms with Gasteiger partial charge >= 0.3 is 0 Å². The van der Waals surface area contributed by atoms with Crippen LogP contribution in [-0.4, -0.2) is 35.4 Å². The standard InChI is InChI=1S/C36H37NO7/c1-4-5-8-19-43-30-18-15-26(21-31(30)41-3)33-32(35(39)36(40)37(33)22-29-12-9-20-42-29)34(38)25-13-16-28(17-14-25)44-23-27-11-7-6-10-24(27)2/h6-7,9-18,20-21,33,38H,4-5,8,19,22-23H2,1-3H3/b34-32+. The zero-order valence-corrected chi connectivity index (χ0v) is 25.2. The summed E-state index contributed by atoms with van der Waals surface area (Å²) >= 11 is 0. The Bertz CT molecular complexity index is 1620. The van der Waals surface area contributed by atoms with Crippen LogP contribution < -0.4 is 14.2 Å². The number of rotatable bonds is 13. The average molecular weight is 596 g/mol. The highest BCUT2D eigenvalue weighted by Crippen LogP contribution is 2.43. The Balaban J connectivity index is 1.47. The van der Waals surface area contributed by atoms with Crippen molar-refractivity contribution in [3.05, 3.63) is 119 Å². The van der Waals surface area contributed by atoms with E-state index >= 15 is 0 Å². The van der Waals surface area contributed by atoms with Crippen molar-refractivity contribution < 1.29 is 33.3 Å². The molecule has 44 heavy (non-hydrogen) atoms. The van der Waals surface area contributed by atoms with Gasteiger partial charge in [-0.15, -0.1) is 0 Å². The molecular weight excluding hydrogens is 558 g/mol. The quantitative estimate of drug-likeness (QED) is 0.0746. The normalized spacial score (nSPS) is 15.9. The third kappa shape index (κ3) is 6.64. The first-order valence-corrected chi connectivity index (χ1v) is 14.8. The Kier molecular flexibility index (Phi) is 9.69. The number of aliphatic hydroxyl groups excluding tert-OH is 1. The number of unbranched alkanes of at least 4 members (excludes halogenated alkanes) is 2. The molecule has 1 aromatic heterocycles. The van der Waals surface area contributed by atoms with Gasteiger partial charge in [-0.3, -0.25) is 9.59 Å². The number of methoxy groups -OCH3 is 1. The van der Waals surface area contributed by atoms with E-state index in [4.69, 9.17) is 18.6 Å². The summed E-state index contributed by atoms with van der Waals surface area (Å²) in [5, 5.41) is 11.5. The van der Waals surface area contributed by atoms with Crippen LogP contribution in [0.25, 0.3) is 5.76 Å². The first-order valence-electron chi connectivity index (χ1n) is 14.8. The zero-order chi connectivity index (χ0) is 31.1. The summed E-state index contributed by atoms with van der Waals surface area (Å²) in [4.78, 5) is 28.3. The lowest BCUT2D eigenvalue weighted by Crippen LogP contribution is -2.29. The number of ketones is 1. The Morgan fingerprint density at radius 3 is 2.43 bits per heavy atom. The monoisotopic (exact) mass is 595 g/mol. The molecule has 228 valence electrons. The van der Waals surface area contributed by atoms with Gasteiger partial charge in [-0.05, 0) is 78.6 Å². The highest BCUT2D eigenvalue weighted by Gasteiger charge is 2.46. The van der Waals surface area contributed by atoms with Crippen LogP contribution in [0.2, 0.25) is 0 Å². The van der Waals surface area contributed by atoms with E-state index in [0.29, 0.717) is 47.3 Å². The average Bonchev–Trinajstić information content (AvgIpc) is 3.65. The molecule has 1 unspecified atom stereocenters. The number of carbonyl (C=O) groups excluding carboxylic acids is 2. The maximum Gasteiger partial charge on any atom is 0.296 e. The Labute approximate surface area is 257 Å². The lowest BCUT2D eigenvalue weighted by atomic mass is 9.95. The Morgan fingerprint density at radius 1 is 0.932 bits per heavy atom. The fourth-order valence-electron chi connectivity index (χ4n) is 5.27. The van der Waals surface area contributed by atoms with E-state index in [2.05, 4.69) is 6.92 Å². The number of nitrogens with zero attached hydrogens (tertiary/aromatic N) is 1. The number of likely N-dealkylation sites (tertiary alicyclic amines) is 1. The lowest BCUT2D eigenvalue weighted by Gasteiger charge is -2.25. The van der Waals surface area contributed by atoms with E-state index in [1.807, 2.05) is 31.2 Å². The minimum atomic E-state index is -0.889. The van der Waals surface area contributed by atoms with Crippen LogP contribution >= 0.6 is 0 Å². The Morgan fingerprint density at radius 2 is 1.73 bits per heavy atom. The molecule has 3 aromatic carbocycles. The summed E-state index contributed by atoms with van der Waals surface area (Å²) in [5.41, 5.74) is 3.16. The van der Waals surface area contributed by atoms with Gasteiger partial charge in [0.05, 0.1) is 38.1 Å². The zero-order valence-electron chi connectivity index (χ0n) is 25.2. The van der Waals surface area contributed by atoms with Crippen molar-refractivity contribution in [1.82, 2.24) is 4.90 Å². The second-order valence-corrected chi connectivity index (χ2v) is 10.7. The number of benzene rings is 3. The Hall–Kier alpha value is -4.98. The molecule has 1 fully saturated rings. The minimum Gasteiger partial charge on any atom is -0.507 e. The third-order valence-electron chi connectivity index (χ3n) is 7.74. The number of aliphatic hydroxyl groups is 1. The SMILES string of the molecule is CCCCCOc1ccc(C2/C(=C(\O)c3ccc(OCc4ccccc4C)cc3)C(=O)C(=O)N2Cc2ccco2)cc1OC. The van der Waals surface area contributed by atoms with E-state index in [1.54, 1.807) is 61.7 Å². The molecule has 8 nitrogen and oxygen atoms in total. The van der Waals surface area contributed by atoms with Crippen molar-refractivity contribution >= 4 is 17.4 Å². The van der Waals surface area contributed by atoms with Gasteiger partial charge in [-0.25, -0.2) is 0 Å². The fourth-order valence-corrected chi connectivity index (χ4v) is 5.27. The number of furan rings is 1. The van der Waals surface area contributed by atoms with Crippen LogP contribution in [0.15, 0.2) is 95.1 Å². The number of Topliss-reactive ketones (excluding diaryl/α,β-unsaturated/α-hetero) is 1. The van der Waals surface area contributed by atoms with E-state index in [-0.39, 0.29) is 17.9 Å². The van der Waals surface area contributed by atoms with Gasteiger partial charge in [-0.1, -0.05) is 50.1 Å². The van der Waals surface area contributed by atoms with E-state index in [9.17, 15) is 14.7 Å². The van der Waals surface area contributed by atoms with Crippen LogP contribution in [-0.2, 0) is 22.7 Å². The number of amides is 1. The first-order chi connectivity index (χ1) is 21.4. The van der Waals surface area contributed by atoms with E-state index in [0.717, 1.165) is 30.4 Å². The molecule has 1 aliphatic heterocycles. The highest BCUT2D eigenvalue weighted by atomic mass is 16.5. The van der Waals surface area contributed by atoms with Crippen molar-refractivity contribution in [1.29, 1.82) is 0 Å². The predicted molar refractivity (Wildman–Crippen MR) is 167 cm³/mol. The summed E-state index contributed by atoms with van der Waals surface area (Å²) in [6.45, 7) is 5.15. The maximum atomic E-state index is 13.5. The van der Waals surface area contributed by atoms with Crippen molar-refractivity contribution in [3.63, 3.8) is 0 Å². The molecule has 1 saturated heterocycles. The molecule has 0 radical (unpaired) electrons. The molecule has 1 amide bonds.